The molecule has 7 nitrogen and oxygen atoms in total. The van der Waals surface area contributed by atoms with Crippen molar-refractivity contribution in [3.63, 3.8) is 0 Å². The van der Waals surface area contributed by atoms with E-state index in [0.717, 1.165) is 59.6 Å². The van der Waals surface area contributed by atoms with Crippen molar-refractivity contribution in [3.8, 4) is 16.2 Å². The Hall–Kier alpha value is -2.33. The molecule has 30 heavy (non-hydrogen) atoms. The van der Waals surface area contributed by atoms with Crippen LogP contribution in [0.25, 0.3) is 10.4 Å². The lowest BCUT2D eigenvalue weighted by molar-refractivity contribution is 0.102. The number of nitrogens with zero attached hydrogens (tertiary/aromatic N) is 4. The number of likely N-dealkylation sites (N-methyl/N-ethyl adjacent to an activating group) is 1. The molecule has 1 amide bonds. The number of carbonyl (C=O) groups excluding carboxylic acids is 1. The average molecular weight is 444 g/mol. The third kappa shape index (κ3) is 4.86. The van der Waals surface area contributed by atoms with Gasteiger partial charge in [0.1, 0.15) is 5.75 Å². The molecule has 0 unspecified atom stereocenters. The second kappa shape index (κ2) is 9.22. The molecule has 0 atom stereocenters. The topological polar surface area (TPSA) is 70.6 Å². The first kappa shape index (κ1) is 20.9. The summed E-state index contributed by atoms with van der Waals surface area (Å²) in [7, 11) is 3.79. The molecule has 9 heteroatoms. The molecule has 1 aliphatic rings. The summed E-state index contributed by atoms with van der Waals surface area (Å²) in [5, 5.41) is 3.45. The van der Waals surface area contributed by atoms with Gasteiger partial charge in [0.05, 0.1) is 19.2 Å². The van der Waals surface area contributed by atoms with Crippen molar-refractivity contribution in [1.82, 2.24) is 19.2 Å². The zero-order valence-corrected chi connectivity index (χ0v) is 19.0. The molecule has 0 aliphatic carbocycles. The second-order valence-electron chi connectivity index (χ2n) is 7.36. The van der Waals surface area contributed by atoms with E-state index in [1.165, 1.54) is 11.5 Å². The van der Waals surface area contributed by atoms with Crippen molar-refractivity contribution in [3.05, 3.63) is 46.6 Å². The van der Waals surface area contributed by atoms with Crippen LogP contribution in [0.15, 0.2) is 30.3 Å². The number of benzene rings is 1. The number of nitrogens with one attached hydrogen (secondary N) is 1. The Balaban J connectivity index is 1.42. The van der Waals surface area contributed by atoms with Crippen molar-refractivity contribution in [2.45, 2.75) is 13.5 Å². The number of thiophene rings is 1. The van der Waals surface area contributed by atoms with Crippen molar-refractivity contribution >= 4 is 33.9 Å². The first-order valence-corrected chi connectivity index (χ1v) is 11.4. The standard InChI is InChI=1S/C21H25N5O2S2/c1-14-17(12-18(29-14)15-5-4-6-16(11-15)28-3)20(27)23-21-22-19(24-30-21)13-26-9-7-25(2)8-10-26/h4-6,11-12H,7-10,13H2,1-3H3,(H,22,23,24,27). The lowest BCUT2D eigenvalue weighted by Gasteiger charge is -2.31. The minimum Gasteiger partial charge on any atom is -0.497 e. The van der Waals surface area contributed by atoms with Crippen LogP contribution in [-0.4, -0.2) is 65.4 Å². The average Bonchev–Trinajstić information content (AvgIpc) is 3.36. The lowest BCUT2D eigenvalue weighted by Crippen LogP contribution is -2.44. The number of aryl methyl sites for hydroxylation is 1. The normalized spacial score (nSPS) is 15.3. The van der Waals surface area contributed by atoms with Crippen molar-refractivity contribution in [2.75, 3.05) is 45.7 Å². The van der Waals surface area contributed by atoms with Gasteiger partial charge in [-0.25, -0.2) is 4.98 Å². The molecule has 0 saturated carbocycles. The molecule has 0 spiro atoms. The van der Waals surface area contributed by atoms with Gasteiger partial charge in [-0.3, -0.25) is 15.0 Å². The molecule has 158 valence electrons. The summed E-state index contributed by atoms with van der Waals surface area (Å²) in [6.07, 6.45) is 0. The fourth-order valence-corrected chi connectivity index (χ4v) is 4.95. The number of aromatic nitrogens is 2. The smallest absolute Gasteiger partial charge is 0.258 e. The fraction of sp³-hybridized carbons (Fsp3) is 0.381. The highest BCUT2D eigenvalue weighted by Crippen LogP contribution is 2.33. The Morgan fingerprint density at radius 2 is 2.03 bits per heavy atom. The van der Waals surface area contributed by atoms with Gasteiger partial charge in [0.2, 0.25) is 5.13 Å². The van der Waals surface area contributed by atoms with E-state index in [4.69, 9.17) is 4.74 Å². The highest BCUT2D eigenvalue weighted by atomic mass is 32.1. The zero-order valence-electron chi connectivity index (χ0n) is 17.3. The molecular formula is C21H25N5O2S2. The monoisotopic (exact) mass is 443 g/mol. The Morgan fingerprint density at radius 1 is 1.23 bits per heavy atom. The van der Waals surface area contributed by atoms with Crippen LogP contribution in [0.2, 0.25) is 0 Å². The Labute approximate surface area is 184 Å². The number of piperazine rings is 1. The summed E-state index contributed by atoms with van der Waals surface area (Å²) >= 11 is 2.83. The molecule has 0 bridgehead atoms. The largest absolute Gasteiger partial charge is 0.497 e. The van der Waals surface area contributed by atoms with Gasteiger partial charge in [0.25, 0.3) is 5.91 Å². The third-order valence-electron chi connectivity index (χ3n) is 5.17. The summed E-state index contributed by atoms with van der Waals surface area (Å²) in [5.41, 5.74) is 1.69. The minimum atomic E-state index is -0.153. The van der Waals surface area contributed by atoms with Crippen LogP contribution < -0.4 is 10.1 Å². The number of methoxy groups -OCH3 is 1. The van der Waals surface area contributed by atoms with E-state index < -0.39 is 0 Å². The number of rotatable bonds is 6. The Morgan fingerprint density at radius 3 is 2.80 bits per heavy atom. The molecule has 2 aromatic heterocycles. The molecule has 4 rings (SSSR count). The SMILES string of the molecule is COc1cccc(-c2cc(C(=O)Nc3nc(CN4CCN(C)CC4)ns3)c(C)s2)c1. The van der Waals surface area contributed by atoms with Gasteiger partial charge in [-0.05, 0) is 37.7 Å². The summed E-state index contributed by atoms with van der Waals surface area (Å²) in [4.78, 5) is 24.0. The summed E-state index contributed by atoms with van der Waals surface area (Å²) in [5.74, 6) is 1.41. The molecule has 1 fully saturated rings. The molecule has 1 N–H and O–H groups in total. The van der Waals surface area contributed by atoms with Gasteiger partial charge >= 0.3 is 0 Å². The number of carbonyl (C=O) groups is 1. The van der Waals surface area contributed by atoms with E-state index in [1.54, 1.807) is 18.4 Å². The van der Waals surface area contributed by atoms with Gasteiger partial charge in [-0.15, -0.1) is 11.3 Å². The van der Waals surface area contributed by atoms with Gasteiger partial charge in [0.15, 0.2) is 5.82 Å². The second-order valence-corrected chi connectivity index (χ2v) is 9.37. The van der Waals surface area contributed by atoms with Crippen molar-refractivity contribution in [2.24, 2.45) is 0 Å². The predicted octanol–water partition coefficient (Wildman–Crippen LogP) is 3.58. The van der Waals surface area contributed by atoms with E-state index >= 15 is 0 Å². The first-order valence-electron chi connectivity index (χ1n) is 9.81. The minimum absolute atomic E-state index is 0.153. The number of anilines is 1. The number of hydrogen-bond acceptors (Lipinski definition) is 8. The third-order valence-corrected chi connectivity index (χ3v) is 6.93. The van der Waals surface area contributed by atoms with E-state index in [-0.39, 0.29) is 5.91 Å². The maximum atomic E-state index is 12.8. The van der Waals surface area contributed by atoms with Crippen LogP contribution >= 0.6 is 22.9 Å². The zero-order chi connectivity index (χ0) is 21.1. The van der Waals surface area contributed by atoms with Crippen LogP contribution in [0.5, 0.6) is 5.75 Å². The molecular weight excluding hydrogens is 418 g/mol. The summed E-state index contributed by atoms with van der Waals surface area (Å²) in [6.45, 7) is 6.82. The lowest BCUT2D eigenvalue weighted by atomic mass is 10.1. The van der Waals surface area contributed by atoms with Crippen LogP contribution in [0, 0.1) is 6.92 Å². The van der Waals surface area contributed by atoms with Gasteiger partial charge < -0.3 is 9.64 Å². The molecule has 1 aliphatic heterocycles. The van der Waals surface area contributed by atoms with Crippen molar-refractivity contribution < 1.29 is 9.53 Å². The quantitative estimate of drug-likeness (QED) is 0.628. The van der Waals surface area contributed by atoms with Gasteiger partial charge in [-0.1, -0.05) is 12.1 Å². The van der Waals surface area contributed by atoms with Crippen LogP contribution in [0.1, 0.15) is 21.1 Å². The van der Waals surface area contributed by atoms with Crippen LogP contribution in [-0.2, 0) is 6.54 Å². The first-order chi connectivity index (χ1) is 14.5. The maximum Gasteiger partial charge on any atom is 0.258 e. The molecule has 3 heterocycles. The Bertz CT molecular complexity index is 1020. The van der Waals surface area contributed by atoms with E-state index in [9.17, 15) is 4.79 Å². The predicted molar refractivity (Wildman–Crippen MR) is 122 cm³/mol. The van der Waals surface area contributed by atoms with Gasteiger partial charge in [-0.2, -0.15) is 4.37 Å². The fourth-order valence-electron chi connectivity index (χ4n) is 3.37. The highest BCUT2D eigenvalue weighted by Gasteiger charge is 2.19. The summed E-state index contributed by atoms with van der Waals surface area (Å²) < 4.78 is 9.73. The highest BCUT2D eigenvalue weighted by molar-refractivity contribution is 7.15. The van der Waals surface area contributed by atoms with E-state index in [2.05, 4.69) is 31.5 Å². The number of ether oxygens (including phenoxy) is 1. The maximum absolute atomic E-state index is 12.8. The number of hydrogen-bond donors (Lipinski definition) is 1. The summed E-state index contributed by atoms with van der Waals surface area (Å²) in [6, 6.07) is 9.78. The molecule has 3 aromatic rings. The van der Waals surface area contributed by atoms with Crippen LogP contribution in [0.3, 0.4) is 0 Å². The van der Waals surface area contributed by atoms with Crippen molar-refractivity contribution in [1.29, 1.82) is 0 Å². The molecule has 0 radical (unpaired) electrons. The molecule has 1 saturated heterocycles. The van der Waals surface area contributed by atoms with E-state index in [1.807, 2.05) is 37.3 Å². The number of amides is 1. The van der Waals surface area contributed by atoms with Gasteiger partial charge in [0, 0.05) is 47.5 Å². The van der Waals surface area contributed by atoms with Crippen LogP contribution in [0.4, 0.5) is 5.13 Å². The Kier molecular flexibility index (Phi) is 6.43. The van der Waals surface area contributed by atoms with E-state index in [0.29, 0.717) is 10.7 Å². The molecule has 1 aromatic carbocycles.